The molecule has 0 saturated heterocycles. The highest BCUT2D eigenvalue weighted by Gasteiger charge is 2.13. The van der Waals surface area contributed by atoms with Crippen LogP contribution in [0.3, 0.4) is 0 Å². The highest BCUT2D eigenvalue weighted by atomic mass is 19.3. The van der Waals surface area contributed by atoms with Crippen LogP contribution >= 0.6 is 0 Å². The van der Waals surface area contributed by atoms with E-state index in [1.165, 1.54) is 43.5 Å². The molecule has 0 aliphatic carbocycles. The normalized spacial score (nSPS) is 10.4. The van der Waals surface area contributed by atoms with E-state index in [-0.39, 0.29) is 22.9 Å². The minimum absolute atomic E-state index is 0.0656. The van der Waals surface area contributed by atoms with Gasteiger partial charge >= 0.3 is 6.61 Å². The van der Waals surface area contributed by atoms with Crippen molar-refractivity contribution in [2.75, 3.05) is 19.0 Å². The zero-order chi connectivity index (χ0) is 17.5. The predicted molar refractivity (Wildman–Crippen MR) is 80.2 cm³/mol. The molecule has 0 saturated carbocycles. The van der Waals surface area contributed by atoms with E-state index < -0.39 is 24.9 Å². The number of hydrogen-bond donors (Lipinski definition) is 1. The Bertz CT molecular complexity index is 709. The lowest BCUT2D eigenvalue weighted by Crippen LogP contribution is -2.20. The molecule has 24 heavy (non-hydrogen) atoms. The van der Waals surface area contributed by atoms with Gasteiger partial charge in [0, 0.05) is 11.8 Å². The molecule has 0 unspecified atom stereocenters. The van der Waals surface area contributed by atoms with Crippen molar-refractivity contribution in [2.45, 2.75) is 6.61 Å². The quantitative estimate of drug-likeness (QED) is 0.838. The van der Waals surface area contributed by atoms with Crippen molar-refractivity contribution in [3.05, 3.63) is 48.3 Å². The van der Waals surface area contributed by atoms with E-state index in [0.717, 1.165) is 0 Å². The van der Waals surface area contributed by atoms with Crippen LogP contribution in [0.4, 0.5) is 18.9 Å². The number of carbonyl (C=O) groups excluding carboxylic acids is 1. The monoisotopic (exact) mass is 341 g/mol. The summed E-state index contributed by atoms with van der Waals surface area (Å²) in [6, 6.07) is 9.63. The van der Waals surface area contributed by atoms with Crippen LogP contribution < -0.4 is 19.5 Å². The first-order chi connectivity index (χ1) is 11.5. The first kappa shape index (κ1) is 17.5. The summed E-state index contributed by atoms with van der Waals surface area (Å²) in [5.74, 6) is -1.38. The van der Waals surface area contributed by atoms with Gasteiger partial charge in [-0.25, -0.2) is 4.39 Å². The molecule has 0 aliphatic heterocycles. The van der Waals surface area contributed by atoms with Crippen LogP contribution in [0.1, 0.15) is 0 Å². The molecule has 0 spiro atoms. The maximum absolute atomic E-state index is 13.4. The first-order valence-electron chi connectivity index (χ1n) is 6.79. The average Bonchev–Trinajstić information content (AvgIpc) is 2.54. The number of hydrogen-bond acceptors (Lipinski definition) is 4. The Kier molecular flexibility index (Phi) is 5.89. The van der Waals surface area contributed by atoms with Crippen LogP contribution in [0.15, 0.2) is 42.5 Å². The third kappa shape index (κ3) is 4.80. The SMILES string of the molecule is COc1ccc(NC(=O)COc2ccccc2F)cc1OC(F)F. The van der Waals surface area contributed by atoms with Crippen LogP contribution in [0.5, 0.6) is 17.2 Å². The molecule has 5 nitrogen and oxygen atoms in total. The van der Waals surface area contributed by atoms with Gasteiger partial charge < -0.3 is 19.5 Å². The Morgan fingerprint density at radius 3 is 2.54 bits per heavy atom. The second-order valence-corrected chi connectivity index (χ2v) is 4.51. The average molecular weight is 341 g/mol. The lowest BCUT2D eigenvalue weighted by Gasteiger charge is -2.12. The number of alkyl halides is 2. The minimum Gasteiger partial charge on any atom is -0.493 e. The molecule has 0 heterocycles. The van der Waals surface area contributed by atoms with E-state index in [4.69, 9.17) is 9.47 Å². The second kappa shape index (κ2) is 8.09. The standard InChI is InChI=1S/C16H14F3NO4/c1-22-13-7-6-10(8-14(13)24-16(18)19)20-15(21)9-23-12-5-3-2-4-11(12)17/h2-8,16H,9H2,1H3,(H,20,21). The number of nitrogens with one attached hydrogen (secondary N) is 1. The summed E-state index contributed by atoms with van der Waals surface area (Å²) in [6.45, 7) is -3.48. The van der Waals surface area contributed by atoms with E-state index in [1.807, 2.05) is 0 Å². The number of benzene rings is 2. The van der Waals surface area contributed by atoms with E-state index in [9.17, 15) is 18.0 Å². The van der Waals surface area contributed by atoms with Crippen LogP contribution in [-0.4, -0.2) is 26.2 Å². The second-order valence-electron chi connectivity index (χ2n) is 4.51. The smallest absolute Gasteiger partial charge is 0.387 e. The van der Waals surface area contributed by atoms with Gasteiger partial charge in [0.15, 0.2) is 29.7 Å². The Balaban J connectivity index is 1.99. The molecule has 1 N–H and O–H groups in total. The van der Waals surface area contributed by atoms with Gasteiger partial charge in [0.1, 0.15) is 0 Å². The van der Waals surface area contributed by atoms with Crippen molar-refractivity contribution in [3.63, 3.8) is 0 Å². The summed E-state index contributed by atoms with van der Waals surface area (Å²) < 4.78 is 52.3. The molecule has 0 radical (unpaired) electrons. The molecule has 0 bridgehead atoms. The van der Waals surface area contributed by atoms with Gasteiger partial charge in [-0.1, -0.05) is 12.1 Å². The summed E-state index contributed by atoms with van der Waals surface area (Å²) in [4.78, 5) is 11.8. The van der Waals surface area contributed by atoms with Crippen molar-refractivity contribution in [1.82, 2.24) is 0 Å². The van der Waals surface area contributed by atoms with Gasteiger partial charge in [0.2, 0.25) is 0 Å². The first-order valence-corrected chi connectivity index (χ1v) is 6.79. The molecule has 128 valence electrons. The predicted octanol–water partition coefficient (Wildman–Crippen LogP) is 3.45. The third-order valence-corrected chi connectivity index (χ3v) is 2.86. The molecule has 2 aromatic carbocycles. The number of methoxy groups -OCH3 is 1. The molecular weight excluding hydrogens is 327 g/mol. The zero-order valence-electron chi connectivity index (χ0n) is 12.6. The third-order valence-electron chi connectivity index (χ3n) is 2.86. The van der Waals surface area contributed by atoms with Crippen LogP contribution in [0, 0.1) is 5.82 Å². The highest BCUT2D eigenvalue weighted by molar-refractivity contribution is 5.92. The Labute approximate surface area is 135 Å². The molecule has 1 amide bonds. The fraction of sp³-hybridized carbons (Fsp3) is 0.188. The fourth-order valence-corrected chi connectivity index (χ4v) is 1.84. The number of anilines is 1. The molecule has 0 atom stereocenters. The fourth-order valence-electron chi connectivity index (χ4n) is 1.84. The Morgan fingerprint density at radius 1 is 1.12 bits per heavy atom. The molecule has 0 aliphatic rings. The van der Waals surface area contributed by atoms with Crippen molar-refractivity contribution >= 4 is 11.6 Å². The minimum atomic E-state index is -3.03. The summed E-state index contributed by atoms with van der Waals surface area (Å²) in [6.07, 6.45) is 0. The molecule has 0 fully saturated rings. The van der Waals surface area contributed by atoms with Crippen LogP contribution in [0.2, 0.25) is 0 Å². The number of halogens is 3. The Hall–Kier alpha value is -2.90. The zero-order valence-corrected chi connectivity index (χ0v) is 12.6. The van der Waals surface area contributed by atoms with Crippen molar-refractivity contribution < 1.29 is 32.2 Å². The lowest BCUT2D eigenvalue weighted by atomic mass is 10.2. The van der Waals surface area contributed by atoms with E-state index >= 15 is 0 Å². The highest BCUT2D eigenvalue weighted by Crippen LogP contribution is 2.31. The van der Waals surface area contributed by atoms with Crippen LogP contribution in [-0.2, 0) is 4.79 Å². The van der Waals surface area contributed by atoms with Gasteiger partial charge in [0.05, 0.1) is 7.11 Å². The molecule has 0 aromatic heterocycles. The molecule has 2 aromatic rings. The molecular formula is C16H14F3NO4. The van der Waals surface area contributed by atoms with E-state index in [1.54, 1.807) is 6.07 Å². The lowest BCUT2D eigenvalue weighted by molar-refractivity contribution is -0.118. The van der Waals surface area contributed by atoms with E-state index in [2.05, 4.69) is 10.1 Å². The number of amides is 1. The van der Waals surface area contributed by atoms with E-state index in [0.29, 0.717) is 0 Å². The van der Waals surface area contributed by atoms with Crippen molar-refractivity contribution in [1.29, 1.82) is 0 Å². The van der Waals surface area contributed by atoms with Gasteiger partial charge in [-0.05, 0) is 24.3 Å². The number of para-hydroxylation sites is 1. The maximum atomic E-state index is 13.4. The topological polar surface area (TPSA) is 56.8 Å². The van der Waals surface area contributed by atoms with Gasteiger partial charge in [-0.3, -0.25) is 4.79 Å². The number of rotatable bonds is 7. The number of ether oxygens (including phenoxy) is 3. The largest absolute Gasteiger partial charge is 0.493 e. The summed E-state index contributed by atoms with van der Waals surface area (Å²) >= 11 is 0. The summed E-state index contributed by atoms with van der Waals surface area (Å²) in [7, 11) is 1.30. The number of carbonyl (C=O) groups is 1. The molecule has 8 heteroatoms. The Morgan fingerprint density at radius 2 is 1.88 bits per heavy atom. The van der Waals surface area contributed by atoms with Gasteiger partial charge in [0.25, 0.3) is 5.91 Å². The summed E-state index contributed by atoms with van der Waals surface area (Å²) in [5, 5.41) is 2.43. The van der Waals surface area contributed by atoms with Gasteiger partial charge in [-0.2, -0.15) is 8.78 Å². The van der Waals surface area contributed by atoms with Crippen molar-refractivity contribution in [3.8, 4) is 17.2 Å². The van der Waals surface area contributed by atoms with Crippen molar-refractivity contribution in [2.24, 2.45) is 0 Å². The molecule has 2 rings (SSSR count). The van der Waals surface area contributed by atoms with Gasteiger partial charge in [-0.15, -0.1) is 0 Å². The van der Waals surface area contributed by atoms with Crippen LogP contribution in [0.25, 0.3) is 0 Å². The summed E-state index contributed by atoms with van der Waals surface area (Å²) in [5.41, 5.74) is 0.202. The maximum Gasteiger partial charge on any atom is 0.387 e.